The van der Waals surface area contributed by atoms with Gasteiger partial charge < -0.3 is 11.6 Å². The number of carboxylic acid groups (broad SMARTS) is 2. The average Bonchev–Trinajstić information content (AvgIpc) is 1.33. The smallest absolute Gasteiger partial charge is 1.00 e. The van der Waals surface area contributed by atoms with Gasteiger partial charge in [0.15, 0.2) is 0 Å². The van der Waals surface area contributed by atoms with Crippen LogP contribution in [0.25, 0.3) is 0 Å². The monoisotopic (exact) mass is 116 g/mol. The molecular formula is C3H6FLiO3. The van der Waals surface area contributed by atoms with Crippen LogP contribution in [-0.2, 0) is 0 Å². The van der Waals surface area contributed by atoms with Crippen LogP contribution in [0.2, 0.25) is 0 Å². The molecule has 0 aromatic rings. The average molecular weight is 116 g/mol. The van der Waals surface area contributed by atoms with E-state index in [-0.39, 0.29) is 26.6 Å². The molecule has 0 aromatic carbocycles. The van der Waals surface area contributed by atoms with E-state index in [2.05, 4.69) is 6.58 Å². The quantitative estimate of drug-likeness (QED) is 0.376. The maximum atomic E-state index is 10.1. The molecule has 0 amide bonds. The third-order valence-electron chi connectivity index (χ3n) is 0. The van der Waals surface area contributed by atoms with Crippen LogP contribution in [0, 0.1) is 0 Å². The molecule has 0 saturated heterocycles. The fraction of sp³-hybridized carbons (Fsp3) is 0. The van der Waals surface area contributed by atoms with Gasteiger partial charge >= 0.3 is 25.0 Å². The maximum Gasteiger partial charge on any atom is 1.00 e. The van der Waals surface area contributed by atoms with Crippen molar-refractivity contribution in [2.24, 2.45) is 0 Å². The Balaban J connectivity index is -0.0000000233. The Morgan fingerprint density at radius 3 is 1.75 bits per heavy atom. The van der Waals surface area contributed by atoms with Crippen LogP contribution in [0.4, 0.5) is 9.18 Å². The van der Waals surface area contributed by atoms with Crippen LogP contribution in [0.15, 0.2) is 12.9 Å². The first-order valence-corrected chi connectivity index (χ1v) is 1.28. The van der Waals surface area contributed by atoms with Gasteiger partial charge in [0, 0.05) is 0 Å². The molecule has 0 aliphatic carbocycles. The predicted octanol–water partition coefficient (Wildman–Crippen LogP) is -1.56. The molecule has 3 nitrogen and oxygen atoms in total. The summed E-state index contributed by atoms with van der Waals surface area (Å²) in [5, 5.41) is 13.9. The van der Waals surface area contributed by atoms with E-state index in [4.69, 9.17) is 15.0 Å². The number of hydrogen-bond donors (Lipinski definition) is 2. The van der Waals surface area contributed by atoms with Gasteiger partial charge in [0.1, 0.15) is 0 Å². The molecule has 0 aliphatic heterocycles. The van der Waals surface area contributed by atoms with Crippen LogP contribution < -0.4 is 18.9 Å². The van der Waals surface area contributed by atoms with E-state index in [1.807, 2.05) is 0 Å². The number of hydrogen-bond acceptors (Lipinski definition) is 1. The number of carbonyl (C=O) groups is 1. The Labute approximate surface area is 59.5 Å². The van der Waals surface area contributed by atoms with E-state index in [9.17, 15) is 4.39 Å². The molecule has 0 atom stereocenters. The van der Waals surface area contributed by atoms with Crippen LogP contribution in [0.5, 0.6) is 0 Å². The van der Waals surface area contributed by atoms with E-state index < -0.39 is 6.16 Å². The Bertz CT molecular complexity index is 66.1. The summed E-state index contributed by atoms with van der Waals surface area (Å²) in [6.45, 7) is 2.69. The Morgan fingerprint density at radius 1 is 1.75 bits per heavy atom. The number of rotatable bonds is 0. The second-order valence-electron chi connectivity index (χ2n) is 0.437. The molecule has 5 heteroatoms. The summed E-state index contributed by atoms with van der Waals surface area (Å²) in [7, 11) is 0. The second kappa shape index (κ2) is 16.0. The minimum absolute atomic E-state index is 0. The standard InChI is InChI=1S/C2H3F.CH2O3.Li.H/c1-2-3;2-1(3)4;;/h2H,1H2;(H2,2,3,4);;/q;;+1;-1. The second-order valence-corrected chi connectivity index (χ2v) is 0.437. The Morgan fingerprint density at radius 2 is 1.75 bits per heavy atom. The van der Waals surface area contributed by atoms with Crippen LogP contribution in [0.1, 0.15) is 1.43 Å². The van der Waals surface area contributed by atoms with Gasteiger partial charge in [-0.1, -0.05) is 6.58 Å². The third kappa shape index (κ3) is 533. The number of halogens is 1. The fourth-order valence-corrected chi connectivity index (χ4v) is 0. The van der Waals surface area contributed by atoms with E-state index in [1.54, 1.807) is 0 Å². The molecule has 44 valence electrons. The summed E-state index contributed by atoms with van der Waals surface area (Å²) in [5.74, 6) is 0. The molecule has 8 heavy (non-hydrogen) atoms. The zero-order valence-corrected chi connectivity index (χ0v) is 4.47. The topological polar surface area (TPSA) is 57.5 Å². The van der Waals surface area contributed by atoms with Crippen molar-refractivity contribution in [1.29, 1.82) is 0 Å². The summed E-state index contributed by atoms with van der Waals surface area (Å²) in [5.41, 5.74) is 0. The van der Waals surface area contributed by atoms with Gasteiger partial charge in [-0.15, -0.1) is 0 Å². The van der Waals surface area contributed by atoms with E-state index >= 15 is 0 Å². The Hall–Kier alpha value is -0.463. The predicted molar refractivity (Wildman–Crippen MR) is 23.1 cm³/mol. The van der Waals surface area contributed by atoms with Crippen molar-refractivity contribution in [2.75, 3.05) is 0 Å². The van der Waals surface area contributed by atoms with Gasteiger partial charge in [-0.25, -0.2) is 9.18 Å². The fourth-order valence-electron chi connectivity index (χ4n) is 0. The van der Waals surface area contributed by atoms with Gasteiger partial charge in [-0.3, -0.25) is 0 Å². The molecule has 0 heterocycles. The van der Waals surface area contributed by atoms with E-state index in [1.165, 1.54) is 0 Å². The molecule has 0 fully saturated rings. The van der Waals surface area contributed by atoms with Crippen LogP contribution in [-0.4, -0.2) is 16.4 Å². The van der Waals surface area contributed by atoms with Gasteiger partial charge in [0.25, 0.3) is 0 Å². The molecule has 0 aromatic heterocycles. The zero-order chi connectivity index (χ0) is 6.28. The zero-order valence-electron chi connectivity index (χ0n) is 5.47. The van der Waals surface area contributed by atoms with Crippen molar-refractivity contribution in [1.82, 2.24) is 0 Å². The summed E-state index contributed by atoms with van der Waals surface area (Å²) in [4.78, 5) is 8.56. The Kier molecular flexibility index (Phi) is 31.3. The molecule has 0 radical (unpaired) electrons. The van der Waals surface area contributed by atoms with Crippen molar-refractivity contribution >= 4 is 6.16 Å². The molecule has 0 rings (SSSR count). The van der Waals surface area contributed by atoms with E-state index in [0.717, 1.165) is 0 Å². The van der Waals surface area contributed by atoms with Crippen LogP contribution in [0.3, 0.4) is 0 Å². The first-order chi connectivity index (χ1) is 3.15. The minimum atomic E-state index is -1.83. The van der Waals surface area contributed by atoms with Crippen molar-refractivity contribution in [2.45, 2.75) is 0 Å². The third-order valence-corrected chi connectivity index (χ3v) is 0. The maximum absolute atomic E-state index is 10.1. The van der Waals surface area contributed by atoms with Gasteiger partial charge in [-0.05, 0) is 0 Å². The molecule has 2 N–H and O–H groups in total. The minimum Gasteiger partial charge on any atom is -1.00 e. The molecule has 0 saturated carbocycles. The van der Waals surface area contributed by atoms with Gasteiger partial charge in [-0.2, -0.15) is 0 Å². The van der Waals surface area contributed by atoms with Crippen molar-refractivity contribution < 1.29 is 39.7 Å². The van der Waals surface area contributed by atoms with Crippen molar-refractivity contribution in [3.63, 3.8) is 0 Å². The molecule has 0 spiro atoms. The van der Waals surface area contributed by atoms with Gasteiger partial charge in [0.05, 0.1) is 6.33 Å². The van der Waals surface area contributed by atoms with Crippen molar-refractivity contribution in [3.05, 3.63) is 12.9 Å². The summed E-state index contributed by atoms with van der Waals surface area (Å²) in [6, 6.07) is 0. The largest absolute Gasteiger partial charge is 1.00 e. The van der Waals surface area contributed by atoms with Gasteiger partial charge in [0.2, 0.25) is 0 Å². The van der Waals surface area contributed by atoms with E-state index in [0.29, 0.717) is 0 Å². The molecule has 0 bridgehead atoms. The molecule has 0 unspecified atom stereocenters. The SMILES string of the molecule is C=CF.O=C(O)O.[H-].[Li+]. The molecular weight excluding hydrogens is 110 g/mol. The normalized spacial score (nSPS) is 4.62. The summed E-state index contributed by atoms with van der Waals surface area (Å²) in [6.07, 6.45) is -1.58. The molecule has 0 aliphatic rings. The van der Waals surface area contributed by atoms with Crippen LogP contribution >= 0.6 is 0 Å². The summed E-state index contributed by atoms with van der Waals surface area (Å²) < 4.78 is 10.1. The first-order valence-electron chi connectivity index (χ1n) is 1.28. The van der Waals surface area contributed by atoms with Crippen molar-refractivity contribution in [3.8, 4) is 0 Å². The first kappa shape index (κ1) is 15.6. The summed E-state index contributed by atoms with van der Waals surface area (Å²) >= 11 is 0.